The molecule has 20 heavy (non-hydrogen) atoms. The van der Waals surface area contributed by atoms with Crippen LogP contribution >= 0.6 is 11.3 Å². The van der Waals surface area contributed by atoms with E-state index in [-0.39, 0.29) is 17.2 Å². The third-order valence-corrected chi connectivity index (χ3v) is 5.02. The molecule has 1 aliphatic rings. The van der Waals surface area contributed by atoms with E-state index >= 15 is 0 Å². The number of hydrogen-bond acceptors (Lipinski definition) is 5. The highest BCUT2D eigenvalue weighted by atomic mass is 32.1. The number of carbonyl (C=O) groups excluding carboxylic acids is 1. The Morgan fingerprint density at radius 3 is 2.30 bits per heavy atom. The average molecular weight is 296 g/mol. The molecule has 0 saturated carbocycles. The van der Waals surface area contributed by atoms with Crippen LogP contribution in [-0.2, 0) is 10.2 Å². The van der Waals surface area contributed by atoms with Crippen LogP contribution < -0.4 is 4.90 Å². The van der Waals surface area contributed by atoms with E-state index in [1.54, 1.807) is 16.2 Å². The second-order valence-electron chi connectivity index (χ2n) is 6.63. The molecule has 1 aliphatic heterocycles. The summed E-state index contributed by atoms with van der Waals surface area (Å²) in [4.78, 5) is 15.9. The van der Waals surface area contributed by atoms with Crippen LogP contribution in [-0.4, -0.2) is 48.2 Å². The molecule has 0 aromatic carbocycles. The monoisotopic (exact) mass is 296 g/mol. The summed E-state index contributed by atoms with van der Waals surface area (Å²) in [6.45, 7) is 8.24. The van der Waals surface area contributed by atoms with E-state index in [9.17, 15) is 4.79 Å². The van der Waals surface area contributed by atoms with Gasteiger partial charge < -0.3 is 9.80 Å². The first-order valence-corrected chi connectivity index (χ1v) is 7.91. The molecule has 6 heteroatoms. The molecule has 5 nitrogen and oxygen atoms in total. The molecule has 1 saturated heterocycles. The molecule has 0 spiro atoms. The molecular weight excluding hydrogens is 272 g/mol. The maximum absolute atomic E-state index is 12.0. The number of piperidine rings is 1. The molecule has 1 aromatic rings. The lowest BCUT2D eigenvalue weighted by molar-refractivity contribution is -0.133. The molecule has 2 heterocycles. The molecule has 0 bridgehead atoms. The predicted octanol–water partition coefficient (Wildman–Crippen LogP) is 2.14. The van der Waals surface area contributed by atoms with Gasteiger partial charge in [0.25, 0.3) is 0 Å². The molecule has 0 atom stereocenters. The maximum Gasteiger partial charge on any atom is 0.225 e. The molecule has 0 unspecified atom stereocenters. The van der Waals surface area contributed by atoms with Gasteiger partial charge in [-0.05, 0) is 12.8 Å². The number of anilines is 1. The quantitative estimate of drug-likeness (QED) is 0.839. The summed E-state index contributed by atoms with van der Waals surface area (Å²) >= 11 is 1.67. The van der Waals surface area contributed by atoms with Crippen molar-refractivity contribution in [1.82, 2.24) is 15.1 Å². The van der Waals surface area contributed by atoms with E-state index in [2.05, 4.69) is 35.9 Å². The lowest BCUT2D eigenvalue weighted by Crippen LogP contribution is -2.40. The summed E-state index contributed by atoms with van der Waals surface area (Å²) in [5, 5.41) is 10.7. The fraction of sp³-hybridized carbons (Fsp3) is 0.786. The van der Waals surface area contributed by atoms with E-state index in [0.717, 1.165) is 36.1 Å². The fourth-order valence-electron chi connectivity index (χ4n) is 2.33. The number of nitrogens with zero attached hydrogens (tertiary/aromatic N) is 4. The highest BCUT2D eigenvalue weighted by molar-refractivity contribution is 7.15. The van der Waals surface area contributed by atoms with Crippen molar-refractivity contribution in [2.45, 2.75) is 39.0 Å². The Balaban J connectivity index is 1.97. The lowest BCUT2D eigenvalue weighted by Gasteiger charge is -2.31. The largest absolute Gasteiger partial charge is 0.349 e. The second-order valence-corrected chi connectivity index (χ2v) is 7.59. The van der Waals surface area contributed by atoms with E-state index in [4.69, 9.17) is 0 Å². The van der Waals surface area contributed by atoms with E-state index in [1.165, 1.54) is 0 Å². The van der Waals surface area contributed by atoms with E-state index < -0.39 is 0 Å². The van der Waals surface area contributed by atoms with E-state index in [1.807, 2.05) is 14.1 Å². The van der Waals surface area contributed by atoms with Crippen LogP contribution in [0.5, 0.6) is 0 Å². The summed E-state index contributed by atoms with van der Waals surface area (Å²) in [5.74, 6) is 0.411. The van der Waals surface area contributed by atoms with Crippen molar-refractivity contribution in [3.63, 3.8) is 0 Å². The fourth-order valence-corrected chi connectivity index (χ4v) is 3.28. The second kappa shape index (κ2) is 5.68. The Morgan fingerprint density at radius 1 is 1.25 bits per heavy atom. The van der Waals surface area contributed by atoms with Crippen molar-refractivity contribution >= 4 is 22.4 Å². The van der Waals surface area contributed by atoms with Gasteiger partial charge in [0.1, 0.15) is 5.01 Å². The highest BCUT2D eigenvalue weighted by Crippen LogP contribution is 2.31. The Kier molecular flexibility index (Phi) is 4.32. The van der Waals surface area contributed by atoms with Crippen LogP contribution in [0, 0.1) is 5.92 Å². The summed E-state index contributed by atoms with van der Waals surface area (Å²) in [7, 11) is 3.66. The average Bonchev–Trinajstić information content (AvgIpc) is 2.87. The first-order chi connectivity index (χ1) is 9.29. The van der Waals surface area contributed by atoms with Crippen molar-refractivity contribution in [2.24, 2.45) is 5.92 Å². The van der Waals surface area contributed by atoms with Gasteiger partial charge in [0.2, 0.25) is 11.0 Å². The molecule has 1 fully saturated rings. The number of carbonyl (C=O) groups is 1. The van der Waals surface area contributed by atoms with Crippen LogP contribution in [0.1, 0.15) is 38.6 Å². The number of aromatic nitrogens is 2. The van der Waals surface area contributed by atoms with Gasteiger partial charge in [-0.15, -0.1) is 10.2 Å². The van der Waals surface area contributed by atoms with Crippen molar-refractivity contribution in [1.29, 1.82) is 0 Å². The van der Waals surface area contributed by atoms with Crippen molar-refractivity contribution in [3.05, 3.63) is 5.01 Å². The number of amides is 1. The summed E-state index contributed by atoms with van der Waals surface area (Å²) in [5.41, 5.74) is 0.0507. The van der Waals surface area contributed by atoms with Gasteiger partial charge in [0.05, 0.1) is 0 Å². The van der Waals surface area contributed by atoms with Gasteiger partial charge in [0.15, 0.2) is 0 Å². The van der Waals surface area contributed by atoms with Gasteiger partial charge in [-0.3, -0.25) is 4.79 Å². The number of rotatable bonds is 2. The summed E-state index contributed by atoms with van der Waals surface area (Å²) in [6.07, 6.45) is 1.81. The Bertz CT molecular complexity index is 470. The molecule has 0 radical (unpaired) electrons. The zero-order valence-electron chi connectivity index (χ0n) is 13.0. The number of hydrogen-bond donors (Lipinski definition) is 0. The zero-order valence-corrected chi connectivity index (χ0v) is 13.8. The van der Waals surface area contributed by atoms with Gasteiger partial charge in [-0.25, -0.2) is 0 Å². The van der Waals surface area contributed by atoms with Crippen LogP contribution in [0.2, 0.25) is 0 Å². The first kappa shape index (κ1) is 15.2. The zero-order chi connectivity index (χ0) is 14.9. The van der Waals surface area contributed by atoms with E-state index in [0.29, 0.717) is 0 Å². The predicted molar refractivity (Wildman–Crippen MR) is 82.2 cm³/mol. The van der Waals surface area contributed by atoms with Gasteiger partial charge in [-0.1, -0.05) is 32.1 Å². The minimum atomic E-state index is 0.0507. The molecule has 1 amide bonds. The smallest absolute Gasteiger partial charge is 0.225 e. The molecule has 1 aromatic heterocycles. The Hall–Kier alpha value is -1.17. The molecule has 112 valence electrons. The van der Waals surface area contributed by atoms with Gasteiger partial charge in [0, 0.05) is 38.5 Å². The summed E-state index contributed by atoms with van der Waals surface area (Å²) < 4.78 is 0. The SMILES string of the molecule is CN(C)C(=O)C1CCN(c2nnc(C(C)(C)C)s2)CC1. The van der Waals surface area contributed by atoms with Crippen LogP contribution in [0.15, 0.2) is 0 Å². The first-order valence-electron chi connectivity index (χ1n) is 7.09. The van der Waals surface area contributed by atoms with Gasteiger partial charge in [-0.2, -0.15) is 0 Å². The molecule has 0 aliphatic carbocycles. The minimum absolute atomic E-state index is 0.0507. The molecule has 0 N–H and O–H groups in total. The van der Waals surface area contributed by atoms with Gasteiger partial charge >= 0.3 is 0 Å². The van der Waals surface area contributed by atoms with Crippen LogP contribution in [0.4, 0.5) is 5.13 Å². The summed E-state index contributed by atoms with van der Waals surface area (Å²) in [6, 6.07) is 0. The van der Waals surface area contributed by atoms with Crippen molar-refractivity contribution in [3.8, 4) is 0 Å². The lowest BCUT2D eigenvalue weighted by atomic mass is 9.96. The van der Waals surface area contributed by atoms with Crippen LogP contribution in [0.3, 0.4) is 0 Å². The minimum Gasteiger partial charge on any atom is -0.349 e. The Morgan fingerprint density at radius 2 is 1.85 bits per heavy atom. The normalized spacial score (nSPS) is 17.4. The van der Waals surface area contributed by atoms with Crippen LogP contribution in [0.25, 0.3) is 0 Å². The molecule has 2 rings (SSSR count). The highest BCUT2D eigenvalue weighted by Gasteiger charge is 2.28. The third kappa shape index (κ3) is 3.29. The van der Waals surface area contributed by atoms with Crippen molar-refractivity contribution in [2.75, 3.05) is 32.1 Å². The maximum atomic E-state index is 12.0. The molecular formula is C14H24N4OS. The Labute approximate surface area is 125 Å². The van der Waals surface area contributed by atoms with Crippen molar-refractivity contribution < 1.29 is 4.79 Å². The topological polar surface area (TPSA) is 49.3 Å². The standard InChI is InChI=1S/C14H24N4OS/c1-14(2,3)12-15-16-13(20-12)18-8-6-10(7-9-18)11(19)17(4)5/h10H,6-9H2,1-5H3. The third-order valence-electron chi connectivity index (χ3n) is 3.61.